The molecule has 0 atom stereocenters. The fraction of sp³-hybridized carbons (Fsp3) is 0.239. The Morgan fingerprint density at radius 3 is 2.03 bits per heavy atom. The Balaban J connectivity index is -0.000000192. The summed E-state index contributed by atoms with van der Waals surface area (Å²) >= 11 is 4.88. The zero-order valence-electron chi connectivity index (χ0n) is 34.3. The summed E-state index contributed by atoms with van der Waals surface area (Å²) in [6.45, 7) is 9.10. The van der Waals surface area contributed by atoms with Gasteiger partial charge in [-0.15, -0.1) is 17.8 Å². The van der Waals surface area contributed by atoms with Crippen molar-refractivity contribution in [2.75, 3.05) is 33.4 Å². The van der Waals surface area contributed by atoms with Crippen LogP contribution in [0.4, 0.5) is 0 Å². The van der Waals surface area contributed by atoms with Crippen molar-refractivity contribution in [2.45, 2.75) is 33.4 Å². The molecular weight excluding hydrogens is 853 g/mol. The second kappa shape index (κ2) is 26.8. The summed E-state index contributed by atoms with van der Waals surface area (Å²) in [7, 11) is 1.65. The van der Waals surface area contributed by atoms with Crippen molar-refractivity contribution >= 4 is 40.1 Å². The molecule has 1 aromatic carbocycles. The average molecular weight is 905 g/mol. The van der Waals surface area contributed by atoms with E-state index in [-0.39, 0.29) is 30.7 Å². The maximum Gasteiger partial charge on any atom is 0.352 e. The molecule has 0 unspecified atom stereocenters. The molecule has 64 heavy (non-hydrogen) atoms. The number of fused-ring (bicyclic) bond motifs is 5. The van der Waals surface area contributed by atoms with Crippen molar-refractivity contribution in [2.24, 2.45) is 21.1 Å². The van der Waals surface area contributed by atoms with Crippen LogP contribution in [0.1, 0.15) is 44.1 Å². The molecule has 4 aromatic rings. The quantitative estimate of drug-likeness (QED) is 0.0422. The van der Waals surface area contributed by atoms with Crippen molar-refractivity contribution < 1.29 is 38.3 Å². The van der Waals surface area contributed by atoms with E-state index in [0.29, 0.717) is 12.2 Å². The second-order valence-corrected chi connectivity index (χ2v) is 13.9. The van der Waals surface area contributed by atoms with Gasteiger partial charge in [-0.2, -0.15) is 19.4 Å². The molecule has 334 valence electrons. The summed E-state index contributed by atoms with van der Waals surface area (Å²) in [6, 6.07) is 7.85. The maximum absolute atomic E-state index is 13.3. The lowest BCUT2D eigenvalue weighted by atomic mass is 9.87. The molecule has 3 aromatic heterocycles. The highest BCUT2D eigenvalue weighted by Gasteiger charge is 2.36. The zero-order valence-corrected chi connectivity index (χ0v) is 36.0. The van der Waals surface area contributed by atoms with Gasteiger partial charge in [-0.25, -0.2) is 15.0 Å². The predicted molar refractivity (Wildman–Crippen MR) is 262 cm³/mol. The van der Waals surface area contributed by atoms with E-state index in [4.69, 9.17) is 26.7 Å². The molecule has 1 saturated heterocycles. The molecular formula is C46H52N10O6S2. The average Bonchev–Trinajstić information content (AvgIpc) is 3.94. The van der Waals surface area contributed by atoms with Crippen LogP contribution in [0, 0.1) is 142 Å². The number of rotatable bonds is 9. The molecule has 0 amide bonds. The minimum atomic E-state index is -0.157. The lowest BCUT2D eigenvalue weighted by Crippen LogP contribution is -2.49. The van der Waals surface area contributed by atoms with Crippen LogP contribution in [0.15, 0.2) is 51.1 Å². The summed E-state index contributed by atoms with van der Waals surface area (Å²) in [4.78, 5) is 25.9. The molecule has 1 fully saturated rings. The number of hydrogen-bond acceptors (Lipinski definition) is 13. The number of hydrogen-bond donors (Lipinski definition) is 3. The van der Waals surface area contributed by atoms with Gasteiger partial charge < -0.3 is 9.47 Å². The molecule has 2 aliphatic heterocycles. The predicted octanol–water partition coefficient (Wildman–Crippen LogP) is 6.47. The second-order valence-electron chi connectivity index (χ2n) is 12.6. The zero-order chi connectivity index (χ0) is 45.8. The first-order chi connectivity index (χ1) is 31.3. The highest BCUT2D eigenvalue weighted by molar-refractivity contribution is 7.75. The number of benzene rings is 1. The normalized spacial score (nSPS) is 11.8. The minimum Gasteiger partial charge on any atom is -0.497 e. The molecule has 5 heterocycles. The molecule has 0 spiro atoms. The first-order valence-electron chi connectivity index (χ1n) is 18.2. The topological polar surface area (TPSA) is 177 Å². The third-order valence-corrected chi connectivity index (χ3v) is 9.55. The van der Waals surface area contributed by atoms with Crippen molar-refractivity contribution in [3.63, 3.8) is 0 Å². The van der Waals surface area contributed by atoms with Gasteiger partial charge in [0.15, 0.2) is 5.65 Å². The highest BCUT2D eigenvalue weighted by Crippen LogP contribution is 2.38. The highest BCUT2D eigenvalue weighted by atomic mass is 32.1. The first kappa shape index (κ1) is 48.3. The van der Waals surface area contributed by atoms with Crippen molar-refractivity contribution in [3.8, 4) is 137 Å². The SMILES string of the molecule is C#CC#CC#CC#CC#CC#CC#CC#CC#CC#CC#CC.COc1ccc(Cn2c(=O)n3ncnc3c3c4c(sc32)CN(CC2(C)COC2)CC4)cc1.N=N/N=N/N(OO)OS.[HH].[HH].[HH].[HH].[HH].[HH].[HH].[HH].[HH].[HH]. The van der Waals surface area contributed by atoms with Gasteiger partial charge in [0.25, 0.3) is 0 Å². The summed E-state index contributed by atoms with van der Waals surface area (Å²) in [5.74, 6) is 52.7. The number of aromatic nitrogens is 4. The third-order valence-electron chi connectivity index (χ3n) is 8.17. The number of ether oxygens (including phenoxy) is 2. The van der Waals surface area contributed by atoms with Crippen LogP contribution in [0.5, 0.6) is 5.75 Å². The third kappa shape index (κ3) is 15.0. The van der Waals surface area contributed by atoms with Gasteiger partial charge in [0, 0.05) is 91.3 Å². The maximum atomic E-state index is 13.3. The van der Waals surface area contributed by atoms with E-state index >= 15 is 0 Å². The summed E-state index contributed by atoms with van der Waals surface area (Å²) < 4.78 is 17.9. The molecule has 18 heteroatoms. The number of thiophene rings is 1. The van der Waals surface area contributed by atoms with Gasteiger partial charge >= 0.3 is 5.69 Å². The lowest BCUT2D eigenvalue weighted by Gasteiger charge is -2.42. The Bertz CT molecular complexity index is 3190. The fourth-order valence-corrected chi connectivity index (χ4v) is 7.06. The Kier molecular flexibility index (Phi) is 20.2. The van der Waals surface area contributed by atoms with Crippen molar-refractivity contribution in [1.82, 2.24) is 29.4 Å². The van der Waals surface area contributed by atoms with E-state index in [1.54, 1.807) is 25.4 Å². The van der Waals surface area contributed by atoms with Crippen LogP contribution in [0.25, 0.3) is 15.9 Å². The number of nitrogens with zero attached hydrogens (tertiary/aromatic N) is 9. The van der Waals surface area contributed by atoms with Crippen LogP contribution in [0.3, 0.4) is 0 Å². The van der Waals surface area contributed by atoms with Crippen molar-refractivity contribution in [3.05, 3.63) is 57.1 Å². The smallest absolute Gasteiger partial charge is 0.352 e. The molecule has 0 radical (unpaired) electrons. The van der Waals surface area contributed by atoms with E-state index in [9.17, 15) is 4.79 Å². The molecule has 16 nitrogen and oxygen atoms in total. The van der Waals surface area contributed by atoms with E-state index < -0.39 is 0 Å². The summed E-state index contributed by atoms with van der Waals surface area (Å²) in [5, 5.41) is 21.1. The standard InChI is InChI=1S/C23H25N5O3S.C23H4.H3N5O3S.10H2/c1-23(12-31-13-23)11-26-8-7-17-18(10-26)32-21-19(17)20-24-14-25-28(20)22(29)27(21)9-15-3-5-16(30-2)6-4-15;1-3-5-7-9-11-13-15-17-19-21-23-22-20-18-16-14-12-10-8-6-4-2;1-2-3-4-5(7-6)8-9;;;;;;;;;;/h3-6,14H,7-13H2,1-2H3;1H,2H3;1,6,9H;10*1H/b;;2-1?,4-3+;;;;;;;;;;. The summed E-state index contributed by atoms with van der Waals surface area (Å²) in [6.07, 6.45) is 7.34. The van der Waals surface area contributed by atoms with Gasteiger partial charge in [-0.1, -0.05) is 30.0 Å². The monoisotopic (exact) mass is 904 g/mol. The van der Waals surface area contributed by atoms with Gasteiger partial charge in [-0.05, 0) is 142 Å². The van der Waals surface area contributed by atoms with Gasteiger partial charge in [0.1, 0.15) is 16.9 Å². The molecule has 2 N–H and O–H groups in total. The van der Waals surface area contributed by atoms with Crippen LogP contribution in [0.2, 0.25) is 0 Å². The first-order valence-corrected chi connectivity index (χ1v) is 19.4. The van der Waals surface area contributed by atoms with E-state index in [1.165, 1.54) is 21.3 Å². The van der Waals surface area contributed by atoms with Gasteiger partial charge in [0.05, 0.1) is 32.3 Å². The fourth-order valence-electron chi connectivity index (χ4n) is 5.62. The van der Waals surface area contributed by atoms with E-state index in [1.807, 2.05) is 28.8 Å². The molecule has 2 aliphatic rings. The van der Waals surface area contributed by atoms with Crippen LogP contribution >= 0.6 is 24.2 Å². The molecule has 0 saturated carbocycles. The number of methoxy groups -OCH3 is 1. The molecule has 0 aliphatic carbocycles. The molecule has 0 bridgehead atoms. The molecule has 6 rings (SSSR count). The Hall–Kier alpha value is -8.36. The van der Waals surface area contributed by atoms with Gasteiger partial charge in [0.2, 0.25) is 0 Å². The largest absolute Gasteiger partial charge is 0.497 e. The Labute approximate surface area is 393 Å². The Morgan fingerprint density at radius 1 is 0.969 bits per heavy atom. The minimum absolute atomic E-state index is 0. The number of thiol groups is 1. The van der Waals surface area contributed by atoms with E-state index in [2.05, 4.69) is 184 Å². The van der Waals surface area contributed by atoms with Crippen molar-refractivity contribution in [1.29, 1.82) is 5.53 Å². The van der Waals surface area contributed by atoms with Crippen LogP contribution < -0.4 is 10.4 Å². The van der Waals surface area contributed by atoms with Gasteiger partial charge in [-0.3, -0.25) is 9.47 Å². The number of nitrogens with one attached hydrogen (secondary N) is 1. The Morgan fingerprint density at radius 2 is 1.55 bits per heavy atom. The number of terminal acetylenes is 1. The van der Waals surface area contributed by atoms with E-state index in [0.717, 1.165) is 60.8 Å². The lowest BCUT2D eigenvalue weighted by molar-refractivity contribution is -0.478. The van der Waals surface area contributed by atoms with Crippen LogP contribution in [-0.4, -0.2) is 68.1 Å². The summed E-state index contributed by atoms with van der Waals surface area (Å²) in [5.41, 5.74) is 9.19. The van der Waals surface area contributed by atoms with Crippen LogP contribution in [-0.2, 0) is 33.5 Å².